The maximum atomic E-state index is 12.7. The van der Waals surface area contributed by atoms with Crippen LogP contribution in [0.5, 0.6) is 0 Å². The Kier molecular flexibility index (Phi) is 4.55. The molecule has 0 unspecified atom stereocenters. The fraction of sp³-hybridized carbons (Fsp3) is 0.250. The highest BCUT2D eigenvalue weighted by Crippen LogP contribution is 2.50. The number of benzene rings is 1. The minimum absolute atomic E-state index is 0.151. The van der Waals surface area contributed by atoms with Crippen molar-refractivity contribution in [3.05, 3.63) is 57.8 Å². The third kappa shape index (κ3) is 3.67. The molecule has 0 radical (unpaired) electrons. The molecule has 132 valence electrons. The number of alkyl halides is 3. The zero-order chi connectivity index (χ0) is 18.2. The Bertz CT molecular complexity index is 805. The highest BCUT2D eigenvalue weighted by Gasteiger charge is 2.54. The van der Waals surface area contributed by atoms with E-state index in [0.29, 0.717) is 29.7 Å². The molecule has 1 aromatic carbocycles. The number of hydrazine groups is 1. The Morgan fingerprint density at radius 1 is 1.16 bits per heavy atom. The minimum Gasteiger partial charge on any atom is -0.299 e. The van der Waals surface area contributed by atoms with E-state index in [-0.39, 0.29) is 10.7 Å². The average Bonchev–Trinajstić information content (AvgIpc) is 3.35. The summed E-state index contributed by atoms with van der Waals surface area (Å²) in [5.74, 6) is -0.406. The SMILES string of the molecule is O=C(NNc1ccc(Cl)cc1)C1(c2ncc(C(F)(F)F)cc2Cl)CC1. The summed E-state index contributed by atoms with van der Waals surface area (Å²) in [6, 6.07) is 7.44. The first kappa shape index (κ1) is 17.8. The first-order valence-corrected chi connectivity index (χ1v) is 8.03. The van der Waals surface area contributed by atoms with Crippen molar-refractivity contribution in [2.75, 3.05) is 5.43 Å². The number of hydrogen-bond acceptors (Lipinski definition) is 3. The number of aromatic nitrogens is 1. The predicted molar refractivity (Wildman–Crippen MR) is 88.4 cm³/mol. The van der Waals surface area contributed by atoms with Crippen molar-refractivity contribution in [3.63, 3.8) is 0 Å². The summed E-state index contributed by atoms with van der Waals surface area (Å²) >= 11 is 11.7. The maximum Gasteiger partial charge on any atom is 0.417 e. The third-order valence-electron chi connectivity index (χ3n) is 3.97. The normalized spacial score (nSPS) is 15.6. The molecule has 1 heterocycles. The zero-order valence-corrected chi connectivity index (χ0v) is 14.1. The molecule has 2 aromatic rings. The quantitative estimate of drug-likeness (QED) is 0.752. The number of rotatable bonds is 4. The molecule has 0 bridgehead atoms. The molecule has 1 fully saturated rings. The number of carbonyl (C=O) groups excluding carboxylic acids is 1. The van der Waals surface area contributed by atoms with Crippen LogP contribution in [0.25, 0.3) is 0 Å². The zero-order valence-electron chi connectivity index (χ0n) is 12.6. The lowest BCUT2D eigenvalue weighted by Crippen LogP contribution is -2.39. The van der Waals surface area contributed by atoms with Gasteiger partial charge in [-0.2, -0.15) is 13.2 Å². The van der Waals surface area contributed by atoms with Crippen molar-refractivity contribution in [2.24, 2.45) is 0 Å². The van der Waals surface area contributed by atoms with Gasteiger partial charge >= 0.3 is 6.18 Å². The van der Waals surface area contributed by atoms with Crippen LogP contribution >= 0.6 is 23.2 Å². The van der Waals surface area contributed by atoms with Crippen molar-refractivity contribution in [1.29, 1.82) is 0 Å². The summed E-state index contributed by atoms with van der Waals surface area (Å²) in [5.41, 5.74) is 4.07. The largest absolute Gasteiger partial charge is 0.417 e. The van der Waals surface area contributed by atoms with Crippen molar-refractivity contribution >= 4 is 34.8 Å². The molecule has 2 N–H and O–H groups in total. The standard InChI is InChI=1S/C16H12Cl2F3N3O/c17-10-1-3-11(4-2-10)23-24-14(25)15(5-6-15)13-12(18)7-9(8-22-13)16(19,20)21/h1-4,7-8,23H,5-6H2,(H,24,25). The second-order valence-corrected chi connectivity index (χ2v) is 6.56. The van der Waals surface area contributed by atoms with Crippen LogP contribution in [0.4, 0.5) is 18.9 Å². The van der Waals surface area contributed by atoms with Crippen molar-refractivity contribution in [3.8, 4) is 0 Å². The summed E-state index contributed by atoms with van der Waals surface area (Å²) in [7, 11) is 0. The smallest absolute Gasteiger partial charge is 0.299 e. The van der Waals surface area contributed by atoms with Crippen molar-refractivity contribution in [1.82, 2.24) is 10.4 Å². The second kappa shape index (κ2) is 6.38. The number of anilines is 1. The molecule has 0 spiro atoms. The maximum absolute atomic E-state index is 12.7. The second-order valence-electron chi connectivity index (χ2n) is 5.72. The first-order valence-electron chi connectivity index (χ1n) is 7.28. The summed E-state index contributed by atoms with van der Waals surface area (Å²) in [6.45, 7) is 0. The van der Waals surface area contributed by atoms with E-state index in [1.807, 2.05) is 0 Å². The van der Waals surface area contributed by atoms with Gasteiger partial charge in [0, 0.05) is 11.2 Å². The van der Waals surface area contributed by atoms with E-state index in [4.69, 9.17) is 23.2 Å². The van der Waals surface area contributed by atoms with Gasteiger partial charge in [-0.1, -0.05) is 23.2 Å². The molecule has 9 heteroatoms. The third-order valence-corrected chi connectivity index (χ3v) is 4.51. The number of hydrogen-bond donors (Lipinski definition) is 2. The Balaban J connectivity index is 1.75. The van der Waals surface area contributed by atoms with Gasteiger partial charge in [-0.15, -0.1) is 0 Å². The van der Waals surface area contributed by atoms with Gasteiger partial charge in [-0.3, -0.25) is 20.6 Å². The van der Waals surface area contributed by atoms with Crippen LogP contribution in [0.1, 0.15) is 24.1 Å². The Morgan fingerprint density at radius 2 is 1.80 bits per heavy atom. The van der Waals surface area contributed by atoms with Crippen molar-refractivity contribution < 1.29 is 18.0 Å². The van der Waals surface area contributed by atoms with Crippen LogP contribution in [0.3, 0.4) is 0 Å². The van der Waals surface area contributed by atoms with E-state index in [0.717, 1.165) is 6.07 Å². The minimum atomic E-state index is -4.54. The lowest BCUT2D eigenvalue weighted by molar-refractivity contribution is -0.137. The summed E-state index contributed by atoms with van der Waals surface area (Å²) in [6.07, 6.45) is -2.93. The molecule has 0 saturated heterocycles. The molecule has 1 amide bonds. The molecule has 1 aliphatic carbocycles. The molecule has 4 nitrogen and oxygen atoms in total. The Labute approximate surface area is 151 Å². The van der Waals surface area contributed by atoms with E-state index < -0.39 is 23.1 Å². The van der Waals surface area contributed by atoms with E-state index in [9.17, 15) is 18.0 Å². The van der Waals surface area contributed by atoms with Crippen LogP contribution in [0.2, 0.25) is 10.0 Å². The van der Waals surface area contributed by atoms with E-state index >= 15 is 0 Å². The fourth-order valence-electron chi connectivity index (χ4n) is 2.42. The van der Waals surface area contributed by atoms with Crippen LogP contribution in [0, 0.1) is 0 Å². The van der Waals surface area contributed by atoms with Gasteiger partial charge in [0.05, 0.1) is 27.4 Å². The number of nitrogens with zero attached hydrogens (tertiary/aromatic N) is 1. The van der Waals surface area contributed by atoms with Crippen LogP contribution in [-0.4, -0.2) is 10.9 Å². The number of carbonyl (C=O) groups is 1. The molecule has 25 heavy (non-hydrogen) atoms. The van der Waals surface area contributed by atoms with Crippen LogP contribution in [-0.2, 0) is 16.4 Å². The number of amides is 1. The van der Waals surface area contributed by atoms with Gasteiger partial charge in [0.1, 0.15) is 0 Å². The lowest BCUT2D eigenvalue weighted by atomic mass is 10.00. The summed E-state index contributed by atoms with van der Waals surface area (Å²) < 4.78 is 38.1. The van der Waals surface area contributed by atoms with Crippen LogP contribution in [0.15, 0.2) is 36.5 Å². The molecular weight excluding hydrogens is 378 g/mol. The van der Waals surface area contributed by atoms with Gasteiger partial charge in [0.2, 0.25) is 0 Å². The topological polar surface area (TPSA) is 54.0 Å². The van der Waals surface area contributed by atoms with Gasteiger partial charge in [0.25, 0.3) is 5.91 Å². The average molecular weight is 390 g/mol. The molecule has 1 saturated carbocycles. The van der Waals surface area contributed by atoms with Gasteiger partial charge < -0.3 is 0 Å². The first-order chi connectivity index (χ1) is 11.7. The Morgan fingerprint density at radius 3 is 2.32 bits per heavy atom. The van der Waals surface area contributed by atoms with Gasteiger partial charge in [-0.25, -0.2) is 0 Å². The monoisotopic (exact) mass is 389 g/mol. The number of halogens is 5. The van der Waals surface area contributed by atoms with Crippen LogP contribution < -0.4 is 10.9 Å². The highest BCUT2D eigenvalue weighted by molar-refractivity contribution is 6.31. The number of nitrogens with one attached hydrogen (secondary N) is 2. The molecule has 0 atom stereocenters. The summed E-state index contributed by atoms with van der Waals surface area (Å²) in [5, 5.41) is 0.380. The molecular formula is C16H12Cl2F3N3O. The predicted octanol–water partition coefficient (Wildman–Crippen LogP) is 4.58. The van der Waals surface area contributed by atoms with Gasteiger partial charge in [-0.05, 0) is 43.2 Å². The molecule has 1 aromatic heterocycles. The van der Waals surface area contributed by atoms with Gasteiger partial charge in [0.15, 0.2) is 0 Å². The van der Waals surface area contributed by atoms with E-state index in [1.54, 1.807) is 24.3 Å². The Hall–Kier alpha value is -1.99. The van der Waals surface area contributed by atoms with E-state index in [2.05, 4.69) is 15.8 Å². The molecule has 0 aliphatic heterocycles. The van der Waals surface area contributed by atoms with E-state index in [1.165, 1.54) is 0 Å². The summed E-state index contributed by atoms with van der Waals surface area (Å²) in [4.78, 5) is 16.3. The molecule has 3 rings (SSSR count). The fourth-order valence-corrected chi connectivity index (χ4v) is 2.90. The molecule has 1 aliphatic rings. The highest BCUT2D eigenvalue weighted by atomic mass is 35.5. The lowest BCUT2D eigenvalue weighted by Gasteiger charge is -2.18. The van der Waals surface area contributed by atoms with Crippen molar-refractivity contribution in [2.45, 2.75) is 24.4 Å². The number of pyridine rings is 1.